The molecule has 3 rings (SSSR count). The zero-order valence-electron chi connectivity index (χ0n) is 11.4. The molecule has 3 nitrogen and oxygen atoms in total. The van der Waals surface area contributed by atoms with Crippen molar-refractivity contribution in [3.8, 4) is 0 Å². The lowest BCUT2D eigenvalue weighted by Gasteiger charge is -2.18. The number of hydrogen-bond acceptors (Lipinski definition) is 4. The van der Waals surface area contributed by atoms with Gasteiger partial charge in [0, 0.05) is 29.9 Å². The molecule has 1 N–H and O–H groups in total. The smallest absolute Gasteiger partial charge is 0.186 e. The maximum absolute atomic E-state index is 4.96. The average Bonchev–Trinajstić information content (AvgIpc) is 3.27. The van der Waals surface area contributed by atoms with Crippen molar-refractivity contribution in [2.45, 2.75) is 58.0 Å². The van der Waals surface area contributed by atoms with E-state index in [1.807, 2.05) is 11.3 Å². The quantitative estimate of drug-likeness (QED) is 0.821. The molecule has 1 aromatic heterocycles. The summed E-state index contributed by atoms with van der Waals surface area (Å²) in [6.45, 7) is 7.56. The van der Waals surface area contributed by atoms with Crippen molar-refractivity contribution in [2.75, 3.05) is 18.0 Å². The van der Waals surface area contributed by atoms with E-state index in [-0.39, 0.29) is 0 Å². The summed E-state index contributed by atoms with van der Waals surface area (Å²) in [5.74, 6) is 0.765. The van der Waals surface area contributed by atoms with Gasteiger partial charge in [-0.2, -0.15) is 0 Å². The van der Waals surface area contributed by atoms with Crippen molar-refractivity contribution >= 4 is 16.5 Å². The minimum atomic E-state index is 0.765. The van der Waals surface area contributed by atoms with Crippen LogP contribution in [-0.2, 0) is 6.54 Å². The average molecular weight is 265 g/mol. The van der Waals surface area contributed by atoms with Crippen LogP contribution >= 0.6 is 11.3 Å². The molecule has 4 heteroatoms. The van der Waals surface area contributed by atoms with E-state index in [4.69, 9.17) is 4.98 Å². The summed E-state index contributed by atoms with van der Waals surface area (Å²) in [5.41, 5.74) is 1.40. The molecule has 0 radical (unpaired) electrons. The van der Waals surface area contributed by atoms with Crippen molar-refractivity contribution in [1.82, 2.24) is 10.3 Å². The highest BCUT2D eigenvalue weighted by Gasteiger charge is 2.33. The highest BCUT2D eigenvalue weighted by molar-refractivity contribution is 7.15. The number of rotatable bonds is 7. The summed E-state index contributed by atoms with van der Waals surface area (Å²) >= 11 is 1.92. The molecule has 2 fully saturated rings. The number of hydrogen-bond donors (Lipinski definition) is 1. The number of thiazole rings is 1. The molecule has 2 aliphatic carbocycles. The third-order valence-corrected chi connectivity index (χ3v) is 4.90. The van der Waals surface area contributed by atoms with Crippen LogP contribution in [0.15, 0.2) is 0 Å². The summed E-state index contributed by atoms with van der Waals surface area (Å²) in [6.07, 6.45) is 5.40. The van der Waals surface area contributed by atoms with Gasteiger partial charge in [0.2, 0.25) is 0 Å². The first kappa shape index (κ1) is 12.4. The van der Waals surface area contributed by atoms with Gasteiger partial charge in [-0.1, -0.05) is 6.92 Å². The molecule has 2 saturated carbocycles. The van der Waals surface area contributed by atoms with E-state index < -0.39 is 0 Å². The predicted molar refractivity (Wildman–Crippen MR) is 77.5 cm³/mol. The number of aromatic nitrogens is 1. The molecule has 0 bridgehead atoms. The molecule has 0 atom stereocenters. The molecular formula is C14H23N3S. The Bertz CT molecular complexity index is 407. The second kappa shape index (κ2) is 5.17. The Balaban J connectivity index is 1.81. The molecule has 0 saturated heterocycles. The van der Waals surface area contributed by atoms with Crippen molar-refractivity contribution in [3.05, 3.63) is 10.6 Å². The second-order valence-electron chi connectivity index (χ2n) is 5.38. The summed E-state index contributed by atoms with van der Waals surface area (Å²) in [5, 5.41) is 4.73. The fourth-order valence-corrected chi connectivity index (χ4v) is 3.70. The summed E-state index contributed by atoms with van der Waals surface area (Å²) in [4.78, 5) is 8.95. The van der Waals surface area contributed by atoms with Crippen LogP contribution in [0.3, 0.4) is 0 Å². The van der Waals surface area contributed by atoms with Crippen LogP contribution in [0.1, 0.15) is 56.0 Å². The van der Waals surface area contributed by atoms with Gasteiger partial charge in [0.25, 0.3) is 0 Å². The van der Waals surface area contributed by atoms with E-state index in [1.165, 1.54) is 41.4 Å². The topological polar surface area (TPSA) is 28.2 Å². The Kier molecular flexibility index (Phi) is 3.57. The van der Waals surface area contributed by atoms with Gasteiger partial charge in [0.15, 0.2) is 5.13 Å². The Labute approximate surface area is 114 Å². The van der Waals surface area contributed by atoms with Gasteiger partial charge in [0.05, 0.1) is 5.69 Å². The Morgan fingerprint density at radius 3 is 2.61 bits per heavy atom. The zero-order chi connectivity index (χ0) is 12.5. The van der Waals surface area contributed by atoms with Crippen molar-refractivity contribution < 1.29 is 0 Å². The minimum Gasteiger partial charge on any atom is -0.345 e. The molecule has 0 unspecified atom stereocenters. The number of nitrogens with zero attached hydrogens (tertiary/aromatic N) is 2. The van der Waals surface area contributed by atoms with Crippen LogP contribution in [0.5, 0.6) is 0 Å². The number of anilines is 1. The molecule has 1 aromatic rings. The van der Waals surface area contributed by atoms with Crippen LogP contribution < -0.4 is 10.2 Å². The summed E-state index contributed by atoms with van der Waals surface area (Å²) < 4.78 is 0. The van der Waals surface area contributed by atoms with Crippen LogP contribution in [0.2, 0.25) is 0 Å². The summed E-state index contributed by atoms with van der Waals surface area (Å²) in [7, 11) is 0. The van der Waals surface area contributed by atoms with E-state index in [2.05, 4.69) is 24.1 Å². The van der Waals surface area contributed by atoms with Gasteiger partial charge in [-0.15, -0.1) is 11.3 Å². The molecule has 0 aliphatic heterocycles. The van der Waals surface area contributed by atoms with Crippen molar-refractivity contribution in [3.63, 3.8) is 0 Å². The fraction of sp³-hybridized carbons (Fsp3) is 0.786. The van der Waals surface area contributed by atoms with Crippen molar-refractivity contribution in [1.29, 1.82) is 0 Å². The highest BCUT2D eigenvalue weighted by atomic mass is 32.1. The van der Waals surface area contributed by atoms with Gasteiger partial charge in [0.1, 0.15) is 0 Å². The fourth-order valence-electron chi connectivity index (χ4n) is 2.45. The van der Waals surface area contributed by atoms with Crippen LogP contribution in [0.4, 0.5) is 5.13 Å². The van der Waals surface area contributed by atoms with Crippen LogP contribution in [-0.4, -0.2) is 24.1 Å². The van der Waals surface area contributed by atoms with Gasteiger partial charge in [-0.05, 0) is 39.2 Å². The molecule has 0 spiro atoms. The maximum atomic E-state index is 4.96. The second-order valence-corrected chi connectivity index (χ2v) is 6.44. The Morgan fingerprint density at radius 2 is 2.06 bits per heavy atom. The normalized spacial score (nSPS) is 19.2. The molecule has 2 aliphatic rings. The minimum absolute atomic E-state index is 0.765. The van der Waals surface area contributed by atoms with E-state index in [9.17, 15) is 0 Å². The van der Waals surface area contributed by atoms with Crippen LogP contribution in [0.25, 0.3) is 0 Å². The first-order valence-corrected chi connectivity index (χ1v) is 8.12. The van der Waals surface area contributed by atoms with E-state index >= 15 is 0 Å². The maximum Gasteiger partial charge on any atom is 0.186 e. The Hall–Kier alpha value is -0.610. The lowest BCUT2D eigenvalue weighted by atomic mass is 10.2. The first-order chi connectivity index (χ1) is 8.83. The molecule has 0 amide bonds. The monoisotopic (exact) mass is 265 g/mol. The highest BCUT2D eigenvalue weighted by Crippen LogP contribution is 2.45. The SMILES string of the molecule is CCNCc1sc(N(CC)C2CC2)nc1C1CC1. The van der Waals surface area contributed by atoms with E-state index in [1.54, 1.807) is 0 Å². The van der Waals surface area contributed by atoms with Gasteiger partial charge in [-0.3, -0.25) is 0 Å². The zero-order valence-corrected chi connectivity index (χ0v) is 12.2. The number of nitrogens with one attached hydrogen (secondary N) is 1. The standard InChI is InChI=1S/C14H23N3S/c1-3-15-9-12-13(10-5-6-10)16-14(18-12)17(4-2)11-7-8-11/h10-11,15H,3-9H2,1-2H3. The molecule has 0 aromatic carbocycles. The predicted octanol–water partition coefficient (Wildman–Crippen LogP) is 3.12. The lowest BCUT2D eigenvalue weighted by Crippen LogP contribution is -2.24. The molecule has 1 heterocycles. The van der Waals surface area contributed by atoms with E-state index in [0.29, 0.717) is 0 Å². The third-order valence-electron chi connectivity index (χ3n) is 3.79. The molecular weight excluding hydrogens is 242 g/mol. The first-order valence-electron chi connectivity index (χ1n) is 7.30. The summed E-state index contributed by atoms with van der Waals surface area (Å²) in [6, 6.07) is 0.778. The third kappa shape index (κ3) is 2.54. The molecule has 100 valence electrons. The Morgan fingerprint density at radius 1 is 1.28 bits per heavy atom. The van der Waals surface area contributed by atoms with Crippen molar-refractivity contribution in [2.24, 2.45) is 0 Å². The van der Waals surface area contributed by atoms with Gasteiger partial charge >= 0.3 is 0 Å². The molecule has 18 heavy (non-hydrogen) atoms. The van der Waals surface area contributed by atoms with Gasteiger partial charge < -0.3 is 10.2 Å². The van der Waals surface area contributed by atoms with Crippen LogP contribution in [0, 0.1) is 0 Å². The largest absolute Gasteiger partial charge is 0.345 e. The van der Waals surface area contributed by atoms with Gasteiger partial charge in [-0.25, -0.2) is 4.98 Å². The lowest BCUT2D eigenvalue weighted by molar-refractivity contribution is 0.726. The van der Waals surface area contributed by atoms with E-state index in [0.717, 1.165) is 31.6 Å².